The Hall–Kier alpha value is -3.82. The standard InChI is InChI=1S/C29H46N6O4/c1-22(16-27(30)37)13-15-32-23(2)17-26(18-25-10-6-4-7-11-25)35-29(39)20-33-24(3)19-34-28(38)12-8-5-9-14-31-21-36/h4,6-7,10-11,21-22,26,32-33H,2-3,5,8-9,12-20H2,1H3,(H2,30,37)(H,31,36)(H,34,38)(H,35,39). The SMILES string of the molecule is C=C(CNC(=O)CCCCCNC=O)NCC(=O)NC(CC(=C)NCCC(C)CC(N)=O)Cc1ccccc1. The van der Waals surface area contributed by atoms with Gasteiger partial charge in [0.25, 0.3) is 0 Å². The van der Waals surface area contributed by atoms with Gasteiger partial charge in [0.15, 0.2) is 0 Å². The number of hydrogen-bond acceptors (Lipinski definition) is 6. The first-order chi connectivity index (χ1) is 18.7. The first-order valence-corrected chi connectivity index (χ1v) is 13.6. The van der Waals surface area contributed by atoms with Gasteiger partial charge < -0.3 is 32.3 Å². The molecule has 7 N–H and O–H groups in total. The summed E-state index contributed by atoms with van der Waals surface area (Å²) in [5.41, 5.74) is 7.72. The van der Waals surface area contributed by atoms with Crippen LogP contribution in [0, 0.1) is 5.92 Å². The summed E-state index contributed by atoms with van der Waals surface area (Å²) >= 11 is 0. The van der Waals surface area contributed by atoms with E-state index < -0.39 is 0 Å². The number of unbranched alkanes of at least 4 members (excludes halogenated alkanes) is 2. The van der Waals surface area contributed by atoms with Crippen molar-refractivity contribution in [1.82, 2.24) is 26.6 Å². The zero-order valence-electron chi connectivity index (χ0n) is 23.2. The maximum absolute atomic E-state index is 12.7. The smallest absolute Gasteiger partial charge is 0.239 e. The summed E-state index contributed by atoms with van der Waals surface area (Å²) < 4.78 is 0. The summed E-state index contributed by atoms with van der Waals surface area (Å²) in [5.74, 6) is -0.385. The van der Waals surface area contributed by atoms with Crippen molar-refractivity contribution in [3.63, 3.8) is 0 Å². The van der Waals surface area contributed by atoms with Crippen molar-refractivity contribution >= 4 is 24.1 Å². The van der Waals surface area contributed by atoms with Gasteiger partial charge in [-0.25, -0.2) is 0 Å². The number of hydrogen-bond donors (Lipinski definition) is 6. The van der Waals surface area contributed by atoms with Gasteiger partial charge in [0.05, 0.1) is 13.1 Å². The monoisotopic (exact) mass is 542 g/mol. The molecular formula is C29H46N6O4. The lowest BCUT2D eigenvalue weighted by molar-refractivity contribution is -0.121. The molecule has 10 nitrogen and oxygen atoms in total. The summed E-state index contributed by atoms with van der Waals surface area (Å²) in [6, 6.07) is 9.75. The van der Waals surface area contributed by atoms with Crippen molar-refractivity contribution in [1.29, 1.82) is 0 Å². The fraction of sp³-hybridized carbons (Fsp3) is 0.517. The van der Waals surface area contributed by atoms with Crippen LogP contribution in [-0.4, -0.2) is 56.4 Å². The molecule has 10 heteroatoms. The number of carbonyl (C=O) groups is 4. The zero-order valence-corrected chi connectivity index (χ0v) is 23.2. The van der Waals surface area contributed by atoms with E-state index in [1.165, 1.54) is 0 Å². The third kappa shape index (κ3) is 18.1. The van der Waals surface area contributed by atoms with Gasteiger partial charge in [-0.05, 0) is 37.2 Å². The van der Waals surface area contributed by atoms with Gasteiger partial charge in [-0.2, -0.15) is 0 Å². The van der Waals surface area contributed by atoms with Crippen molar-refractivity contribution in [3.8, 4) is 0 Å². The molecule has 0 saturated carbocycles. The minimum absolute atomic E-state index is 0.0360. The van der Waals surface area contributed by atoms with Crippen LogP contribution in [0.5, 0.6) is 0 Å². The molecule has 1 aromatic carbocycles. The molecule has 4 amide bonds. The van der Waals surface area contributed by atoms with Crippen LogP contribution >= 0.6 is 0 Å². The van der Waals surface area contributed by atoms with Crippen molar-refractivity contribution in [3.05, 3.63) is 60.4 Å². The number of carbonyl (C=O) groups excluding carboxylic acids is 4. The molecule has 0 fully saturated rings. The van der Waals surface area contributed by atoms with Crippen molar-refractivity contribution < 1.29 is 19.2 Å². The molecule has 2 unspecified atom stereocenters. The highest BCUT2D eigenvalue weighted by molar-refractivity contribution is 5.79. The Morgan fingerprint density at radius 1 is 0.897 bits per heavy atom. The second kappa shape index (κ2) is 20.2. The lowest BCUT2D eigenvalue weighted by atomic mass is 10.0. The number of primary amides is 1. The molecule has 0 aliphatic rings. The fourth-order valence-electron chi connectivity index (χ4n) is 3.97. The van der Waals surface area contributed by atoms with E-state index in [1.807, 2.05) is 37.3 Å². The quantitative estimate of drug-likeness (QED) is 0.0913. The Morgan fingerprint density at radius 3 is 2.33 bits per heavy atom. The first-order valence-electron chi connectivity index (χ1n) is 13.6. The molecule has 0 aromatic heterocycles. The Bertz CT molecular complexity index is 922. The topological polar surface area (TPSA) is 154 Å². The molecule has 0 heterocycles. The number of benzene rings is 1. The van der Waals surface area contributed by atoms with Crippen LogP contribution in [0.1, 0.15) is 57.4 Å². The Labute approximate surface area is 232 Å². The van der Waals surface area contributed by atoms with Crippen LogP contribution < -0.4 is 32.3 Å². The van der Waals surface area contributed by atoms with Gasteiger partial charge in [-0.3, -0.25) is 19.2 Å². The third-order valence-corrected chi connectivity index (χ3v) is 6.05. The van der Waals surface area contributed by atoms with Gasteiger partial charge >= 0.3 is 0 Å². The third-order valence-electron chi connectivity index (χ3n) is 6.05. The highest BCUT2D eigenvalue weighted by Crippen LogP contribution is 2.11. The van der Waals surface area contributed by atoms with Gasteiger partial charge in [0.2, 0.25) is 24.1 Å². The summed E-state index contributed by atoms with van der Waals surface area (Å²) in [7, 11) is 0. The zero-order chi connectivity index (χ0) is 28.9. The average Bonchev–Trinajstić information content (AvgIpc) is 2.88. The fourth-order valence-corrected chi connectivity index (χ4v) is 3.97. The van der Waals surface area contributed by atoms with E-state index in [-0.39, 0.29) is 42.8 Å². The van der Waals surface area contributed by atoms with E-state index in [2.05, 4.69) is 39.7 Å². The van der Waals surface area contributed by atoms with E-state index in [4.69, 9.17) is 5.73 Å². The average molecular weight is 543 g/mol. The van der Waals surface area contributed by atoms with E-state index in [9.17, 15) is 19.2 Å². The Kier molecular flexibility index (Phi) is 17.2. The molecule has 0 aliphatic heterocycles. The summed E-state index contributed by atoms with van der Waals surface area (Å²) in [6.07, 6.45) is 5.84. The molecule has 1 aromatic rings. The van der Waals surface area contributed by atoms with Crippen LogP contribution in [0.2, 0.25) is 0 Å². The molecule has 1 rings (SSSR count). The van der Waals surface area contributed by atoms with Gasteiger partial charge in [0, 0.05) is 49.8 Å². The van der Waals surface area contributed by atoms with Crippen LogP contribution in [-0.2, 0) is 25.6 Å². The molecule has 0 saturated heterocycles. The minimum Gasteiger partial charge on any atom is -0.389 e. The van der Waals surface area contributed by atoms with Gasteiger partial charge in [-0.15, -0.1) is 0 Å². The summed E-state index contributed by atoms with van der Waals surface area (Å²) in [6.45, 7) is 11.5. The highest BCUT2D eigenvalue weighted by Gasteiger charge is 2.15. The van der Waals surface area contributed by atoms with Crippen LogP contribution in [0.3, 0.4) is 0 Å². The Morgan fingerprint density at radius 2 is 1.64 bits per heavy atom. The number of nitrogens with two attached hydrogens (primary N) is 1. The second-order valence-corrected chi connectivity index (χ2v) is 9.87. The maximum Gasteiger partial charge on any atom is 0.239 e. The van der Waals surface area contributed by atoms with E-state index in [0.717, 1.165) is 36.9 Å². The molecule has 0 spiro atoms. The van der Waals surface area contributed by atoms with Crippen molar-refractivity contribution in [2.75, 3.05) is 26.2 Å². The number of rotatable bonds is 23. The van der Waals surface area contributed by atoms with Crippen LogP contribution in [0.25, 0.3) is 0 Å². The lowest BCUT2D eigenvalue weighted by Gasteiger charge is -2.22. The molecule has 0 aliphatic carbocycles. The largest absolute Gasteiger partial charge is 0.389 e. The second-order valence-electron chi connectivity index (χ2n) is 9.87. The molecular weight excluding hydrogens is 496 g/mol. The predicted molar refractivity (Wildman–Crippen MR) is 154 cm³/mol. The number of amides is 4. The van der Waals surface area contributed by atoms with Crippen LogP contribution in [0.15, 0.2) is 54.9 Å². The van der Waals surface area contributed by atoms with E-state index >= 15 is 0 Å². The molecule has 0 bridgehead atoms. The van der Waals surface area contributed by atoms with Crippen molar-refractivity contribution in [2.24, 2.45) is 11.7 Å². The lowest BCUT2D eigenvalue weighted by Crippen LogP contribution is -2.43. The predicted octanol–water partition coefficient (Wildman–Crippen LogP) is 1.63. The highest BCUT2D eigenvalue weighted by atomic mass is 16.2. The van der Waals surface area contributed by atoms with E-state index in [0.29, 0.717) is 50.9 Å². The van der Waals surface area contributed by atoms with Crippen LogP contribution in [0.4, 0.5) is 0 Å². The van der Waals surface area contributed by atoms with Crippen molar-refractivity contribution in [2.45, 2.75) is 64.3 Å². The maximum atomic E-state index is 12.7. The first kappa shape index (κ1) is 33.2. The minimum atomic E-state index is -0.304. The normalized spacial score (nSPS) is 11.9. The molecule has 39 heavy (non-hydrogen) atoms. The molecule has 216 valence electrons. The molecule has 0 radical (unpaired) electrons. The summed E-state index contributed by atoms with van der Waals surface area (Å²) in [4.78, 5) is 46.0. The van der Waals surface area contributed by atoms with Gasteiger partial charge in [-0.1, -0.05) is 56.8 Å². The molecule has 2 atom stereocenters. The Balaban J connectivity index is 2.43. The van der Waals surface area contributed by atoms with Gasteiger partial charge in [0.1, 0.15) is 0 Å². The number of nitrogens with one attached hydrogen (secondary N) is 5. The van der Waals surface area contributed by atoms with E-state index in [1.54, 1.807) is 0 Å². The summed E-state index contributed by atoms with van der Waals surface area (Å²) in [5, 5.41) is 14.7.